The molecule has 6 aromatic heterocycles. The van der Waals surface area contributed by atoms with Gasteiger partial charge in [-0.1, -0.05) is 411 Å². The Labute approximate surface area is 968 Å². The second-order valence-corrected chi connectivity index (χ2v) is 44.2. The van der Waals surface area contributed by atoms with Crippen molar-refractivity contribution in [2.75, 3.05) is 5.23 Å². The van der Waals surface area contributed by atoms with Gasteiger partial charge >= 0.3 is 103 Å². The van der Waals surface area contributed by atoms with Crippen molar-refractivity contribution < 1.29 is 158 Å². The van der Waals surface area contributed by atoms with Gasteiger partial charge in [-0.2, -0.15) is 0 Å². The molecule has 0 atom stereocenters. The smallest absolute Gasteiger partial charge is 1.00 e. The van der Waals surface area contributed by atoms with E-state index in [1.807, 2.05) is 120 Å². The fourth-order valence-corrected chi connectivity index (χ4v) is 26.0. The van der Waals surface area contributed by atoms with Crippen molar-refractivity contribution in [3.05, 3.63) is 511 Å². The zero-order chi connectivity index (χ0) is 98.7. The van der Waals surface area contributed by atoms with Crippen LogP contribution in [0.25, 0.3) is 77.2 Å². The van der Waals surface area contributed by atoms with Crippen molar-refractivity contribution in [1.29, 1.82) is 0 Å². The average Bonchev–Trinajstić information content (AvgIpc) is 1.58. The summed E-state index contributed by atoms with van der Waals surface area (Å²) in [6, 6.07) is 165. The standard InChI is InChI=1S/C22H15ClN2O.C19H22N2O3.4C18H15P.C9H5Cl2N.CH2O3.2K.Pd.H/c1-12-10-16-14-7-6-13(2)24-22(14)26-21(16)17(11-12)20-9-8-15-18(23)4-3-5-19(15)25-20;1-11-9-14-13-8-7-12(2)20-17(13)22-16(14)15(10-11)21-23-18(3,4)19(5,6)24-21;4*1-4-10-16(11-5-1)19(17-12-6-2-7-13-17)18-14-8-3-9-15-18;10-7-2-1-3-8-6(7)4-5-9(11)12-8;2-1-4-3;;;;/h3-11H,1-2H3;7-10H,1-6H3;4*1-15H;1-5H;1,3H;;;;/q;;;;;;;;2*+1;;-1/p-1. The number of pyridine rings is 4. The first kappa shape index (κ1) is 112. The third kappa shape index (κ3) is 29.3. The number of rotatable bonds is 15. The molecule has 1 aliphatic heterocycles. The molecule has 16 aromatic carbocycles. The fraction of sp³-hybridized carbons (Fsp3) is 0.0813. The SMILES string of the molecule is Cc1cc(-c2ccc3c(Cl)cccc3n2)c2oc3nc(C)ccc3c2c1.Cc1cc(N2OC(C)(C)C(C)(C)O2)c2oc3nc(C)ccc3c2c1.Clc1ccc2c(Cl)cccc2n1.O=CO[O-].[H-].[K+].[K+].[Pd].c1ccc(P(c2ccccc2)c2ccccc2)cc1.c1ccc(P(c2ccccc2)c2ccccc2)cc1.c1ccc(P(c2ccccc2)c2ccccc2)cc1.c1ccc(P(c2ccccc2)c2ccccc2)cc1. The second kappa shape index (κ2) is 55.3. The molecule has 0 radical (unpaired) electrons. The molecular weight excluding hydrogens is 2070 g/mol. The summed E-state index contributed by atoms with van der Waals surface area (Å²) in [5, 5.41) is 34.6. The van der Waals surface area contributed by atoms with Gasteiger partial charge in [-0.3, -0.25) is 4.79 Å². The van der Waals surface area contributed by atoms with Gasteiger partial charge in [0, 0.05) is 79.7 Å². The molecule has 12 nitrogen and oxygen atoms in total. The molecule has 0 bridgehead atoms. The summed E-state index contributed by atoms with van der Waals surface area (Å²) < 4.78 is 12.2. The van der Waals surface area contributed by atoms with Gasteiger partial charge in [0.15, 0.2) is 5.58 Å². The van der Waals surface area contributed by atoms with Gasteiger partial charge in [0.05, 0.1) is 16.7 Å². The minimum atomic E-state index is -0.454. The maximum Gasteiger partial charge on any atom is 1.00 e. The molecule has 0 saturated carbocycles. The minimum Gasteiger partial charge on any atom is -1.00 e. The minimum absolute atomic E-state index is 0. The van der Waals surface area contributed by atoms with E-state index in [0.29, 0.717) is 26.6 Å². The predicted molar refractivity (Wildman–Crippen MR) is 601 cm³/mol. The number of furan rings is 2. The van der Waals surface area contributed by atoms with Crippen LogP contribution in [-0.2, 0) is 39.8 Å². The van der Waals surface area contributed by atoms with Crippen molar-refractivity contribution >= 4 is 208 Å². The van der Waals surface area contributed by atoms with Crippen molar-refractivity contribution in [1.82, 2.24) is 19.9 Å². The number of fused-ring (bicyclic) bond motifs is 8. The van der Waals surface area contributed by atoms with Gasteiger partial charge in [-0.25, -0.2) is 29.6 Å². The van der Waals surface area contributed by atoms with Crippen molar-refractivity contribution in [3.8, 4) is 11.3 Å². The molecule has 0 aliphatic carbocycles. The molecule has 0 N–H and O–H groups in total. The van der Waals surface area contributed by atoms with Crippen LogP contribution in [0.2, 0.25) is 15.2 Å². The number of carbonyl (C=O) groups is 1. The van der Waals surface area contributed by atoms with E-state index >= 15 is 0 Å². The Hall–Kier alpha value is -10.1. The first-order chi connectivity index (χ1) is 69.3. The molecule has 1 aliphatic rings. The maximum absolute atomic E-state index is 8.64. The van der Waals surface area contributed by atoms with Crippen LogP contribution >= 0.6 is 66.5 Å². The maximum atomic E-state index is 8.64. The monoisotopic (exact) mass is 2180 g/mol. The van der Waals surface area contributed by atoms with E-state index in [1.54, 1.807) is 6.07 Å². The molecule has 1 saturated heterocycles. The summed E-state index contributed by atoms with van der Waals surface area (Å²) in [6.45, 7) is 15.9. The Morgan fingerprint density at radius 2 is 0.559 bits per heavy atom. The van der Waals surface area contributed by atoms with Gasteiger partial charge in [-0.05, 0) is 259 Å². The van der Waals surface area contributed by atoms with Crippen LogP contribution in [0, 0.1) is 27.7 Å². The quantitative estimate of drug-likeness (QED) is 0.0240. The van der Waals surface area contributed by atoms with Crippen LogP contribution in [0.3, 0.4) is 0 Å². The summed E-state index contributed by atoms with van der Waals surface area (Å²) >= 11 is 17.9. The van der Waals surface area contributed by atoms with Crippen LogP contribution in [-0.4, -0.2) is 37.6 Å². The van der Waals surface area contributed by atoms with Crippen molar-refractivity contribution in [2.24, 2.45) is 0 Å². The number of aryl methyl sites for hydroxylation is 4. The normalized spacial score (nSPS) is 11.9. The molecule has 22 heteroatoms. The third-order valence-corrected chi connectivity index (χ3v) is 34.1. The molecule has 0 amide bonds. The topological polar surface area (TPSA) is 149 Å². The van der Waals surface area contributed by atoms with E-state index in [4.69, 9.17) is 68.3 Å². The summed E-state index contributed by atoms with van der Waals surface area (Å²) in [5.74, 6) is 0. The predicted octanol–water partition coefficient (Wildman–Crippen LogP) is 21.2. The number of hydrogen-bond donors (Lipinski definition) is 0. The van der Waals surface area contributed by atoms with Gasteiger partial charge in [-0.15, -0.1) is 5.23 Å². The summed E-state index contributed by atoms with van der Waals surface area (Å²) in [7, 11) is -1.78. The zero-order valence-corrected chi connectivity index (χ0v) is 95.6. The zero-order valence-electron chi connectivity index (χ0n) is 82.9. The molecule has 23 rings (SSSR count). The second-order valence-electron chi connectivity index (χ2n) is 34.1. The first-order valence-electron chi connectivity index (χ1n) is 46.4. The first-order valence-corrected chi connectivity index (χ1v) is 52.9. The number of nitrogens with zero attached hydrogens (tertiary/aromatic N) is 5. The Morgan fingerprint density at radius 1 is 0.303 bits per heavy atom. The van der Waals surface area contributed by atoms with Crippen LogP contribution in [0.1, 0.15) is 51.6 Å². The fourth-order valence-electron chi connectivity index (χ4n) is 16.1. The summed E-state index contributed by atoms with van der Waals surface area (Å²) in [6.07, 6.45) is 0. The number of aromatic nitrogens is 4. The molecule has 716 valence electrons. The summed E-state index contributed by atoms with van der Waals surface area (Å²) in [4.78, 5) is 41.4. The Morgan fingerprint density at radius 3 is 0.848 bits per heavy atom. The molecule has 0 spiro atoms. The Bertz CT molecular complexity index is 7000. The molecular formula is C123H104Cl3K2N5O7P4Pd. The van der Waals surface area contributed by atoms with Gasteiger partial charge in [0.2, 0.25) is 11.4 Å². The molecule has 1 fully saturated rings. The van der Waals surface area contributed by atoms with Crippen LogP contribution in [0.5, 0.6) is 0 Å². The van der Waals surface area contributed by atoms with Gasteiger partial charge < -0.3 is 20.4 Å². The number of hydrogen-bond acceptors (Lipinski definition) is 12. The number of carbonyl (C=O) groups excluding carboxylic acids is 1. The van der Waals surface area contributed by atoms with Crippen molar-refractivity contribution in [3.63, 3.8) is 0 Å². The van der Waals surface area contributed by atoms with E-state index in [0.717, 1.165) is 94.0 Å². The third-order valence-electron chi connectivity index (χ3n) is 23.5. The van der Waals surface area contributed by atoms with Crippen LogP contribution in [0.15, 0.2) is 482 Å². The molecule has 145 heavy (non-hydrogen) atoms. The number of benzene rings is 16. The van der Waals surface area contributed by atoms with E-state index in [1.165, 1.54) is 68.9 Å². The summed E-state index contributed by atoms with van der Waals surface area (Å²) in [5.41, 5.74) is 10.4. The Kier molecular flexibility index (Phi) is 42.7. The molecule has 0 unspecified atom stereocenters. The average molecular weight is 2180 g/mol. The van der Waals surface area contributed by atoms with Crippen molar-refractivity contribution in [2.45, 2.75) is 66.6 Å². The van der Waals surface area contributed by atoms with Crippen LogP contribution in [0.4, 0.5) is 5.69 Å². The Balaban J connectivity index is 0.000000151. The molecule has 22 aromatic rings. The van der Waals surface area contributed by atoms with Gasteiger partial charge in [0.25, 0.3) is 6.47 Å². The van der Waals surface area contributed by atoms with E-state index in [9.17, 15) is 0 Å². The van der Waals surface area contributed by atoms with E-state index in [2.05, 4.69) is 422 Å². The largest absolute Gasteiger partial charge is 1.00 e. The molecule has 7 heterocycles. The number of anilines is 1. The van der Waals surface area contributed by atoms with Gasteiger partial charge in [0.1, 0.15) is 27.6 Å². The van der Waals surface area contributed by atoms with E-state index in [-0.39, 0.29) is 131 Å². The van der Waals surface area contributed by atoms with E-state index < -0.39 is 42.9 Å². The number of halogens is 3. The van der Waals surface area contributed by atoms with Crippen LogP contribution < -0.4 is 177 Å².